The Morgan fingerprint density at radius 1 is 1.12 bits per heavy atom. The second-order valence-corrected chi connectivity index (χ2v) is 9.68. The largest absolute Gasteiger partial charge is 0.491 e. The summed E-state index contributed by atoms with van der Waals surface area (Å²) in [6, 6.07) is 5.41. The van der Waals surface area contributed by atoms with Gasteiger partial charge < -0.3 is 25.0 Å². The first-order valence-electron chi connectivity index (χ1n) is 12.1. The van der Waals surface area contributed by atoms with Crippen LogP contribution in [0.5, 0.6) is 5.75 Å². The number of hydrogen-bond donors (Lipinski definition) is 2. The summed E-state index contributed by atoms with van der Waals surface area (Å²) in [4.78, 5) is 29.8. The lowest BCUT2D eigenvalue weighted by Crippen LogP contribution is -2.45. The van der Waals surface area contributed by atoms with Crippen molar-refractivity contribution in [2.75, 3.05) is 46.2 Å². The van der Waals surface area contributed by atoms with Gasteiger partial charge >= 0.3 is 6.03 Å². The predicted molar refractivity (Wildman–Crippen MR) is 130 cm³/mol. The van der Waals surface area contributed by atoms with Gasteiger partial charge in [0.1, 0.15) is 12.4 Å². The minimum absolute atomic E-state index is 0.0834. The Kier molecular flexibility index (Phi) is 8.97. The number of methoxy groups -OCH3 is 1. The number of benzene rings is 1. The second kappa shape index (κ2) is 11.7. The number of nitrogens with one attached hydrogen (secondary N) is 2. The molecule has 0 spiro atoms. The number of rotatable bonds is 3. The number of carbonyl (C=O) groups is 2. The van der Waals surface area contributed by atoms with Crippen molar-refractivity contribution in [1.82, 2.24) is 15.1 Å². The van der Waals surface area contributed by atoms with Crippen LogP contribution in [0.4, 0.5) is 10.5 Å². The van der Waals surface area contributed by atoms with Crippen molar-refractivity contribution >= 4 is 17.6 Å². The molecule has 1 aromatic rings. The predicted octanol–water partition coefficient (Wildman–Crippen LogP) is 3.58. The molecule has 0 bridgehead atoms. The van der Waals surface area contributed by atoms with Crippen LogP contribution in [0.25, 0.3) is 0 Å². The van der Waals surface area contributed by atoms with E-state index < -0.39 is 0 Å². The number of nitrogens with zero attached hydrogens (tertiary/aromatic N) is 2. The highest BCUT2D eigenvalue weighted by molar-refractivity contribution is 5.99. The van der Waals surface area contributed by atoms with E-state index in [-0.39, 0.29) is 36.0 Å². The molecule has 1 saturated carbocycles. The summed E-state index contributed by atoms with van der Waals surface area (Å²) in [6.45, 7) is 6.03. The van der Waals surface area contributed by atoms with Crippen LogP contribution in [0.1, 0.15) is 56.3 Å². The Morgan fingerprint density at radius 3 is 2.55 bits per heavy atom. The van der Waals surface area contributed by atoms with Gasteiger partial charge in [0, 0.05) is 45.0 Å². The molecule has 2 aliphatic rings. The molecule has 0 aromatic heterocycles. The van der Waals surface area contributed by atoms with E-state index in [4.69, 9.17) is 9.47 Å². The maximum Gasteiger partial charge on any atom is 0.319 e. The fourth-order valence-corrected chi connectivity index (χ4v) is 4.63. The van der Waals surface area contributed by atoms with E-state index in [2.05, 4.69) is 36.4 Å². The van der Waals surface area contributed by atoms with Gasteiger partial charge in [-0.2, -0.15) is 0 Å². The average molecular weight is 461 g/mol. The van der Waals surface area contributed by atoms with E-state index in [1.54, 1.807) is 37.3 Å². The molecule has 184 valence electrons. The quantitative estimate of drug-likeness (QED) is 0.721. The minimum Gasteiger partial charge on any atom is -0.491 e. The molecular weight excluding hydrogens is 420 g/mol. The summed E-state index contributed by atoms with van der Waals surface area (Å²) in [5, 5.41) is 5.95. The number of amides is 3. The second-order valence-electron chi connectivity index (χ2n) is 9.68. The summed E-state index contributed by atoms with van der Waals surface area (Å²) < 4.78 is 11.8. The minimum atomic E-state index is -0.236. The van der Waals surface area contributed by atoms with Gasteiger partial charge in [-0.1, -0.05) is 26.2 Å². The van der Waals surface area contributed by atoms with Crippen LogP contribution in [-0.2, 0) is 4.74 Å². The molecule has 1 fully saturated rings. The van der Waals surface area contributed by atoms with Crippen LogP contribution in [-0.4, -0.2) is 80.8 Å². The molecule has 8 nitrogen and oxygen atoms in total. The summed E-state index contributed by atoms with van der Waals surface area (Å²) in [5.41, 5.74) is 1.01. The molecule has 1 heterocycles. The first-order valence-corrected chi connectivity index (χ1v) is 12.1. The monoisotopic (exact) mass is 460 g/mol. The SMILES string of the molecule is CO[C@@H]1CN(C)C(=O)c2cc(NC(=O)NC3CCCCC3)ccc2OC[C@H](C)N(C)C[C@@H]1C. The van der Waals surface area contributed by atoms with Gasteiger partial charge in [0.05, 0.1) is 11.7 Å². The van der Waals surface area contributed by atoms with Crippen molar-refractivity contribution in [3.8, 4) is 5.75 Å². The van der Waals surface area contributed by atoms with E-state index >= 15 is 0 Å². The highest BCUT2D eigenvalue weighted by atomic mass is 16.5. The van der Waals surface area contributed by atoms with Crippen molar-refractivity contribution < 1.29 is 19.1 Å². The number of likely N-dealkylation sites (N-methyl/N-ethyl adjacent to an activating group) is 2. The van der Waals surface area contributed by atoms with Crippen LogP contribution in [0, 0.1) is 5.92 Å². The van der Waals surface area contributed by atoms with E-state index in [1.807, 2.05) is 0 Å². The Balaban J connectivity index is 1.80. The van der Waals surface area contributed by atoms with Gasteiger partial charge in [-0.05, 0) is 50.9 Å². The lowest BCUT2D eigenvalue weighted by Gasteiger charge is -2.34. The van der Waals surface area contributed by atoms with E-state index in [1.165, 1.54) is 6.42 Å². The van der Waals surface area contributed by atoms with Crippen LogP contribution in [0.3, 0.4) is 0 Å². The van der Waals surface area contributed by atoms with Crippen LogP contribution >= 0.6 is 0 Å². The Morgan fingerprint density at radius 2 is 1.85 bits per heavy atom. The molecule has 0 saturated heterocycles. The lowest BCUT2D eigenvalue weighted by atomic mass is 9.96. The van der Waals surface area contributed by atoms with Crippen molar-refractivity contribution in [1.29, 1.82) is 0 Å². The number of urea groups is 1. The molecule has 33 heavy (non-hydrogen) atoms. The Hall–Kier alpha value is -2.32. The fraction of sp³-hybridized carbons (Fsp3) is 0.680. The first kappa shape index (κ1) is 25.3. The van der Waals surface area contributed by atoms with Gasteiger partial charge in [0.25, 0.3) is 5.91 Å². The Labute approximate surface area is 198 Å². The summed E-state index contributed by atoms with van der Waals surface area (Å²) in [6.07, 6.45) is 5.48. The van der Waals surface area contributed by atoms with Gasteiger partial charge in [-0.15, -0.1) is 0 Å². The maximum absolute atomic E-state index is 13.4. The molecule has 3 atom stereocenters. The zero-order valence-electron chi connectivity index (χ0n) is 20.7. The van der Waals surface area contributed by atoms with Gasteiger partial charge in [0.15, 0.2) is 0 Å². The molecule has 0 unspecified atom stereocenters. The summed E-state index contributed by atoms with van der Waals surface area (Å²) in [5.74, 6) is 0.609. The lowest BCUT2D eigenvalue weighted by molar-refractivity contribution is 0.0150. The number of anilines is 1. The van der Waals surface area contributed by atoms with Crippen molar-refractivity contribution in [2.45, 2.75) is 64.1 Å². The molecule has 8 heteroatoms. The third-order valence-corrected chi connectivity index (χ3v) is 6.95. The molecular formula is C25H40N4O4. The molecule has 1 aromatic carbocycles. The number of carbonyl (C=O) groups excluding carboxylic acids is 2. The number of fused-ring (bicyclic) bond motifs is 1. The summed E-state index contributed by atoms with van der Waals surface area (Å²) >= 11 is 0. The molecule has 1 aliphatic carbocycles. The van der Waals surface area contributed by atoms with Crippen molar-refractivity contribution in [3.63, 3.8) is 0 Å². The van der Waals surface area contributed by atoms with Gasteiger partial charge in [-0.3, -0.25) is 9.69 Å². The van der Waals surface area contributed by atoms with Crippen molar-refractivity contribution in [2.24, 2.45) is 5.92 Å². The van der Waals surface area contributed by atoms with Crippen LogP contribution in [0.2, 0.25) is 0 Å². The standard InChI is InChI=1S/C25H40N4O4/c1-17-14-28(3)18(2)16-33-22-12-11-20(27-25(31)26-19-9-7-6-8-10-19)13-21(22)24(30)29(4)15-23(17)32-5/h11-13,17-19,23H,6-10,14-16H2,1-5H3,(H2,26,27,31)/t17-,18-,23+/m0/s1. The molecule has 2 N–H and O–H groups in total. The highest BCUT2D eigenvalue weighted by Gasteiger charge is 2.27. The van der Waals surface area contributed by atoms with E-state index in [9.17, 15) is 9.59 Å². The molecule has 1 aliphatic heterocycles. The molecule has 3 amide bonds. The number of hydrogen-bond acceptors (Lipinski definition) is 5. The van der Waals surface area contributed by atoms with Crippen LogP contribution in [0.15, 0.2) is 18.2 Å². The third-order valence-electron chi connectivity index (χ3n) is 6.95. The zero-order valence-corrected chi connectivity index (χ0v) is 20.7. The maximum atomic E-state index is 13.4. The van der Waals surface area contributed by atoms with E-state index in [0.717, 1.165) is 32.2 Å². The van der Waals surface area contributed by atoms with Crippen molar-refractivity contribution in [3.05, 3.63) is 23.8 Å². The van der Waals surface area contributed by atoms with Crippen LogP contribution < -0.4 is 15.4 Å². The van der Waals surface area contributed by atoms with Gasteiger partial charge in [0.2, 0.25) is 0 Å². The smallest absolute Gasteiger partial charge is 0.319 e. The number of ether oxygens (including phenoxy) is 2. The molecule has 0 radical (unpaired) electrons. The fourth-order valence-electron chi connectivity index (χ4n) is 4.63. The highest BCUT2D eigenvalue weighted by Crippen LogP contribution is 2.26. The van der Waals surface area contributed by atoms with Gasteiger partial charge in [-0.25, -0.2) is 4.79 Å². The summed E-state index contributed by atoms with van der Waals surface area (Å²) in [7, 11) is 5.55. The normalized spacial score (nSPS) is 25.9. The molecule has 3 rings (SSSR count). The average Bonchev–Trinajstić information content (AvgIpc) is 2.80. The zero-order chi connectivity index (χ0) is 24.0. The first-order chi connectivity index (χ1) is 15.8. The third kappa shape index (κ3) is 6.84. The van der Waals surface area contributed by atoms with E-state index in [0.29, 0.717) is 30.2 Å². The Bertz CT molecular complexity index is 812. The topological polar surface area (TPSA) is 83.1 Å².